The minimum atomic E-state index is -1.28. The summed E-state index contributed by atoms with van der Waals surface area (Å²) in [7, 11) is 1.69. The smallest absolute Gasteiger partial charge is 0.256 e. The molecule has 1 unspecified atom stereocenters. The number of unbranched alkanes of at least 4 members (excludes halogenated alkanes) is 3. The lowest BCUT2D eigenvalue weighted by molar-refractivity contribution is -0.273. The van der Waals surface area contributed by atoms with E-state index in [-0.39, 0.29) is 6.10 Å². The van der Waals surface area contributed by atoms with Gasteiger partial charge in [-0.05, 0) is 42.5 Å². The summed E-state index contributed by atoms with van der Waals surface area (Å²) in [5, 5.41) is 0. The zero-order valence-electron chi connectivity index (χ0n) is 18.3. The average molecular weight is 414 g/mol. The summed E-state index contributed by atoms with van der Waals surface area (Å²) in [5.74, 6) is -0.600. The van der Waals surface area contributed by atoms with Gasteiger partial charge in [-0.1, -0.05) is 62.6 Å². The molecule has 0 bridgehead atoms. The van der Waals surface area contributed by atoms with Crippen LogP contribution in [0.25, 0.3) is 0 Å². The van der Waals surface area contributed by atoms with E-state index in [1.165, 1.54) is 24.8 Å². The van der Waals surface area contributed by atoms with E-state index < -0.39 is 5.91 Å². The van der Waals surface area contributed by atoms with Crippen LogP contribution in [0.15, 0.2) is 48.5 Å². The predicted octanol–water partition coefficient (Wildman–Crippen LogP) is 5.08. The molecule has 2 aromatic carbocycles. The first-order valence-electron chi connectivity index (χ1n) is 11.1. The number of aryl methyl sites for hydroxylation is 1. The van der Waals surface area contributed by atoms with Crippen molar-refractivity contribution in [3.05, 3.63) is 65.2 Å². The van der Waals surface area contributed by atoms with Crippen LogP contribution in [0, 0.1) is 0 Å². The topological polar surface area (TPSA) is 62.9 Å². The first-order chi connectivity index (χ1) is 14.7. The zero-order valence-corrected chi connectivity index (χ0v) is 18.3. The molecule has 5 nitrogen and oxygen atoms in total. The highest BCUT2D eigenvalue weighted by Gasteiger charge is 2.35. The molecule has 2 N–H and O–H groups in total. The highest BCUT2D eigenvalue weighted by Crippen LogP contribution is 2.34. The molecule has 30 heavy (non-hydrogen) atoms. The van der Waals surface area contributed by atoms with Crippen molar-refractivity contribution >= 4 is 0 Å². The summed E-state index contributed by atoms with van der Waals surface area (Å²) in [4.78, 5) is 0. The van der Waals surface area contributed by atoms with Gasteiger partial charge in [0.05, 0.1) is 18.8 Å². The standard InChI is InChI=1S/C25H35NO4/c1-3-4-5-7-11-20-14-15-23(22(18-20)25(26)29-16-10-17-30-25)28-19-24(27-2)21-12-8-6-9-13-21/h6,8-9,12-15,18,24H,3-5,7,10-11,16-17,19,26H2,1-2H3. The van der Waals surface area contributed by atoms with Crippen LogP contribution in [-0.2, 0) is 26.5 Å². The van der Waals surface area contributed by atoms with E-state index in [9.17, 15) is 0 Å². The molecule has 1 saturated heterocycles. The van der Waals surface area contributed by atoms with Crippen LogP contribution in [0.3, 0.4) is 0 Å². The molecule has 0 aromatic heterocycles. The van der Waals surface area contributed by atoms with Crippen LogP contribution in [0.1, 0.15) is 61.8 Å². The van der Waals surface area contributed by atoms with Crippen molar-refractivity contribution in [3.63, 3.8) is 0 Å². The van der Waals surface area contributed by atoms with E-state index in [0.29, 0.717) is 25.6 Å². The molecular weight excluding hydrogens is 378 g/mol. The lowest BCUT2D eigenvalue weighted by Crippen LogP contribution is -2.46. The summed E-state index contributed by atoms with van der Waals surface area (Å²) in [6, 6.07) is 16.2. The highest BCUT2D eigenvalue weighted by atomic mass is 16.7. The van der Waals surface area contributed by atoms with Gasteiger partial charge in [-0.15, -0.1) is 0 Å². The molecular formula is C25H35NO4. The molecule has 1 aliphatic rings. The fraction of sp³-hybridized carbons (Fsp3) is 0.520. The number of rotatable bonds is 11. The SMILES string of the molecule is CCCCCCc1ccc(OCC(OC)c2ccccc2)c(C2(N)OCCCO2)c1. The first-order valence-corrected chi connectivity index (χ1v) is 11.1. The maximum absolute atomic E-state index is 6.52. The molecule has 164 valence electrons. The molecule has 2 aromatic rings. The average Bonchev–Trinajstić information content (AvgIpc) is 2.79. The fourth-order valence-electron chi connectivity index (χ4n) is 3.72. The van der Waals surface area contributed by atoms with Gasteiger partial charge in [0.2, 0.25) is 0 Å². The van der Waals surface area contributed by atoms with Gasteiger partial charge in [0.15, 0.2) is 0 Å². The molecule has 1 fully saturated rings. The summed E-state index contributed by atoms with van der Waals surface area (Å²) in [6.07, 6.45) is 6.56. The number of benzene rings is 2. The Morgan fingerprint density at radius 1 is 1.03 bits per heavy atom. The maximum Gasteiger partial charge on any atom is 0.256 e. The Labute approximate surface area is 180 Å². The van der Waals surface area contributed by atoms with Crippen molar-refractivity contribution in [1.29, 1.82) is 0 Å². The highest BCUT2D eigenvalue weighted by molar-refractivity contribution is 5.40. The molecule has 1 aliphatic heterocycles. The van der Waals surface area contributed by atoms with Gasteiger partial charge in [0, 0.05) is 7.11 Å². The molecule has 3 rings (SSSR count). The third-order valence-corrected chi connectivity index (χ3v) is 5.51. The van der Waals surface area contributed by atoms with Crippen LogP contribution in [-0.4, -0.2) is 26.9 Å². The largest absolute Gasteiger partial charge is 0.490 e. The molecule has 0 radical (unpaired) electrons. The monoisotopic (exact) mass is 413 g/mol. The lowest BCUT2D eigenvalue weighted by atomic mass is 10.0. The Morgan fingerprint density at radius 2 is 1.80 bits per heavy atom. The van der Waals surface area contributed by atoms with E-state index in [1.807, 2.05) is 36.4 Å². The van der Waals surface area contributed by atoms with E-state index in [0.717, 1.165) is 30.4 Å². The third kappa shape index (κ3) is 6.05. The van der Waals surface area contributed by atoms with Crippen LogP contribution in [0.5, 0.6) is 5.75 Å². The fourth-order valence-corrected chi connectivity index (χ4v) is 3.72. The second kappa shape index (κ2) is 11.5. The lowest BCUT2D eigenvalue weighted by Gasteiger charge is -2.35. The molecule has 0 aliphatic carbocycles. The Morgan fingerprint density at radius 3 is 2.50 bits per heavy atom. The maximum atomic E-state index is 6.52. The van der Waals surface area contributed by atoms with Gasteiger partial charge in [0.1, 0.15) is 18.5 Å². The predicted molar refractivity (Wildman–Crippen MR) is 118 cm³/mol. The number of methoxy groups -OCH3 is 1. The number of ether oxygens (including phenoxy) is 4. The Bertz CT molecular complexity index is 759. The van der Waals surface area contributed by atoms with Gasteiger partial charge < -0.3 is 18.9 Å². The van der Waals surface area contributed by atoms with Crippen LogP contribution in [0.2, 0.25) is 0 Å². The normalized spacial score (nSPS) is 16.9. The Hall–Kier alpha value is -1.92. The van der Waals surface area contributed by atoms with Gasteiger partial charge in [-0.2, -0.15) is 0 Å². The van der Waals surface area contributed by atoms with Gasteiger partial charge in [-0.3, -0.25) is 5.73 Å². The zero-order chi connectivity index (χ0) is 21.2. The second-order valence-electron chi connectivity index (χ2n) is 7.81. The summed E-state index contributed by atoms with van der Waals surface area (Å²) < 4.78 is 23.6. The minimum absolute atomic E-state index is 0.172. The number of hydrogen-bond donors (Lipinski definition) is 1. The molecule has 1 heterocycles. The molecule has 5 heteroatoms. The Balaban J connectivity index is 1.77. The number of nitrogens with two attached hydrogens (primary N) is 1. The third-order valence-electron chi connectivity index (χ3n) is 5.51. The second-order valence-corrected chi connectivity index (χ2v) is 7.81. The van der Waals surface area contributed by atoms with Gasteiger partial charge in [-0.25, -0.2) is 0 Å². The summed E-state index contributed by atoms with van der Waals surface area (Å²) in [5.41, 5.74) is 9.56. The van der Waals surface area contributed by atoms with E-state index in [4.69, 9.17) is 24.7 Å². The number of hydrogen-bond acceptors (Lipinski definition) is 5. The quantitative estimate of drug-likeness (QED) is 0.520. The van der Waals surface area contributed by atoms with Crippen LogP contribution < -0.4 is 10.5 Å². The molecule has 1 atom stereocenters. The first kappa shape index (κ1) is 22.8. The van der Waals surface area contributed by atoms with Crippen molar-refractivity contribution in [2.75, 3.05) is 26.9 Å². The summed E-state index contributed by atoms with van der Waals surface area (Å²) >= 11 is 0. The van der Waals surface area contributed by atoms with Crippen molar-refractivity contribution < 1.29 is 18.9 Å². The van der Waals surface area contributed by atoms with E-state index in [2.05, 4.69) is 19.1 Å². The van der Waals surface area contributed by atoms with Crippen molar-refractivity contribution in [2.24, 2.45) is 5.73 Å². The minimum Gasteiger partial charge on any atom is -0.490 e. The van der Waals surface area contributed by atoms with Crippen molar-refractivity contribution in [1.82, 2.24) is 0 Å². The van der Waals surface area contributed by atoms with Crippen LogP contribution in [0.4, 0.5) is 0 Å². The molecule has 0 saturated carbocycles. The Kier molecular flexibility index (Phi) is 8.70. The van der Waals surface area contributed by atoms with Gasteiger partial charge in [0.25, 0.3) is 5.91 Å². The molecule has 0 spiro atoms. The van der Waals surface area contributed by atoms with Crippen LogP contribution >= 0.6 is 0 Å². The van der Waals surface area contributed by atoms with E-state index >= 15 is 0 Å². The molecule has 0 amide bonds. The van der Waals surface area contributed by atoms with E-state index in [1.54, 1.807) is 7.11 Å². The van der Waals surface area contributed by atoms with Crippen molar-refractivity contribution in [3.8, 4) is 5.75 Å². The van der Waals surface area contributed by atoms with Crippen molar-refractivity contribution in [2.45, 2.75) is 57.5 Å². The summed E-state index contributed by atoms with van der Waals surface area (Å²) in [6.45, 7) is 3.74. The van der Waals surface area contributed by atoms with Gasteiger partial charge >= 0.3 is 0 Å².